The van der Waals surface area contributed by atoms with Gasteiger partial charge in [-0.05, 0) is 124 Å². The lowest BCUT2D eigenvalue weighted by Crippen LogP contribution is -2.55. The highest BCUT2D eigenvalue weighted by Gasteiger charge is 2.61. The Balaban J connectivity index is 1.19. The highest BCUT2D eigenvalue weighted by molar-refractivity contribution is 6.03. The molecule has 0 heterocycles. The lowest BCUT2D eigenvalue weighted by atomic mass is 9.43. The van der Waals surface area contributed by atoms with Gasteiger partial charge in [0.2, 0.25) is 0 Å². The van der Waals surface area contributed by atoms with Crippen molar-refractivity contribution >= 4 is 27.8 Å². The summed E-state index contributed by atoms with van der Waals surface area (Å²) in [5.41, 5.74) is 15.6. The average Bonchev–Trinajstić information content (AvgIpc) is 3.54. The molecule has 0 aromatic heterocycles. The molecule has 0 radical (unpaired) electrons. The molecule has 0 aliphatic heterocycles. The van der Waals surface area contributed by atoms with Gasteiger partial charge in [-0.1, -0.05) is 117 Å². The topological polar surface area (TPSA) is 3.24 Å². The zero-order valence-electron chi connectivity index (χ0n) is 27.9. The highest BCUT2D eigenvalue weighted by Crippen LogP contribution is 2.70. The quantitative estimate of drug-likeness (QED) is 0.190. The van der Waals surface area contributed by atoms with Crippen LogP contribution in [0.4, 0.5) is 17.1 Å². The van der Waals surface area contributed by atoms with E-state index in [0.29, 0.717) is 0 Å². The van der Waals surface area contributed by atoms with E-state index in [-0.39, 0.29) is 10.8 Å². The van der Waals surface area contributed by atoms with Gasteiger partial charge in [-0.15, -0.1) is 0 Å². The van der Waals surface area contributed by atoms with Crippen molar-refractivity contribution in [2.45, 2.75) is 56.8 Å². The van der Waals surface area contributed by atoms with Crippen LogP contribution in [-0.2, 0) is 10.8 Å². The van der Waals surface area contributed by atoms with Crippen molar-refractivity contribution in [3.05, 3.63) is 150 Å². The maximum absolute atomic E-state index is 2.62. The molecule has 48 heavy (non-hydrogen) atoms. The summed E-state index contributed by atoms with van der Waals surface area (Å²) in [7, 11) is 0. The summed E-state index contributed by atoms with van der Waals surface area (Å²) in [4.78, 5) is 2.62. The van der Waals surface area contributed by atoms with Crippen molar-refractivity contribution in [3.8, 4) is 22.3 Å². The van der Waals surface area contributed by atoms with E-state index in [4.69, 9.17) is 0 Å². The number of benzene rings is 6. The molecule has 0 saturated heterocycles. The summed E-state index contributed by atoms with van der Waals surface area (Å²) < 4.78 is 0. The Morgan fingerprint density at radius 1 is 0.500 bits per heavy atom. The van der Waals surface area contributed by atoms with Gasteiger partial charge >= 0.3 is 0 Å². The third kappa shape index (κ3) is 3.38. The molecule has 1 nitrogen and oxygen atoms in total. The average molecular weight is 620 g/mol. The van der Waals surface area contributed by atoms with Gasteiger partial charge in [0.1, 0.15) is 0 Å². The minimum absolute atomic E-state index is 0.0674. The van der Waals surface area contributed by atoms with Crippen LogP contribution >= 0.6 is 0 Å². The van der Waals surface area contributed by atoms with Gasteiger partial charge in [-0.2, -0.15) is 0 Å². The van der Waals surface area contributed by atoms with Gasteiger partial charge < -0.3 is 4.90 Å². The minimum Gasteiger partial charge on any atom is -0.309 e. The van der Waals surface area contributed by atoms with E-state index < -0.39 is 0 Å². The van der Waals surface area contributed by atoms with E-state index in [0.717, 1.165) is 23.7 Å². The van der Waals surface area contributed by atoms with Gasteiger partial charge in [-0.25, -0.2) is 0 Å². The zero-order valence-corrected chi connectivity index (χ0v) is 27.9. The van der Waals surface area contributed by atoms with Crippen LogP contribution < -0.4 is 4.90 Å². The van der Waals surface area contributed by atoms with Gasteiger partial charge in [0, 0.05) is 27.5 Å². The van der Waals surface area contributed by atoms with Crippen LogP contribution in [0.5, 0.6) is 0 Å². The molecule has 4 saturated carbocycles. The Bertz CT molecular complexity index is 2270. The summed E-state index contributed by atoms with van der Waals surface area (Å²) in [6.45, 7) is 4.80. The Hall–Kier alpha value is -4.62. The normalized spacial score (nSPS) is 26.4. The third-order valence-corrected chi connectivity index (χ3v) is 13.6. The summed E-state index contributed by atoms with van der Waals surface area (Å²) >= 11 is 0. The van der Waals surface area contributed by atoms with Gasteiger partial charge in [0.05, 0.1) is 11.4 Å². The Kier molecular flexibility index (Phi) is 5.41. The largest absolute Gasteiger partial charge is 0.309 e. The third-order valence-electron chi connectivity index (χ3n) is 13.6. The number of nitrogens with zero attached hydrogens (tertiary/aromatic N) is 1. The fourth-order valence-electron chi connectivity index (χ4n) is 12.0. The molecular weight excluding hydrogens is 579 g/mol. The first-order valence-corrected chi connectivity index (χ1v) is 18.3. The Morgan fingerprint density at radius 3 is 1.92 bits per heavy atom. The molecule has 6 aromatic rings. The smallest absolute Gasteiger partial charge is 0.0543 e. The van der Waals surface area contributed by atoms with Crippen LogP contribution in [0.3, 0.4) is 0 Å². The zero-order chi connectivity index (χ0) is 31.8. The maximum atomic E-state index is 2.62. The number of anilines is 3. The van der Waals surface area contributed by atoms with Crippen LogP contribution in [0.2, 0.25) is 0 Å². The molecule has 6 aliphatic carbocycles. The molecule has 1 heteroatoms. The summed E-state index contributed by atoms with van der Waals surface area (Å²) in [6, 6.07) is 49.0. The molecule has 234 valence electrons. The summed E-state index contributed by atoms with van der Waals surface area (Å²) in [5, 5.41) is 2.57. The highest BCUT2D eigenvalue weighted by atomic mass is 15.1. The van der Waals surface area contributed by atoms with E-state index in [1.807, 2.05) is 0 Å². The van der Waals surface area contributed by atoms with Gasteiger partial charge in [-0.3, -0.25) is 0 Å². The second kappa shape index (κ2) is 9.50. The fraction of sp³-hybridized carbons (Fsp3) is 0.277. The van der Waals surface area contributed by atoms with Crippen LogP contribution in [0.25, 0.3) is 33.0 Å². The van der Waals surface area contributed by atoms with Crippen molar-refractivity contribution in [2.75, 3.05) is 4.90 Å². The molecule has 6 aliphatic rings. The van der Waals surface area contributed by atoms with Crippen LogP contribution in [0, 0.1) is 23.7 Å². The molecule has 0 amide bonds. The number of fused-ring (bicyclic) bond motifs is 7. The van der Waals surface area contributed by atoms with Crippen molar-refractivity contribution in [1.82, 2.24) is 0 Å². The van der Waals surface area contributed by atoms with Crippen molar-refractivity contribution in [3.63, 3.8) is 0 Å². The number of rotatable bonds is 3. The predicted octanol–water partition coefficient (Wildman–Crippen LogP) is 12.3. The molecule has 1 spiro atoms. The lowest BCUT2D eigenvalue weighted by Gasteiger charge is -2.61. The van der Waals surface area contributed by atoms with E-state index in [1.54, 1.807) is 11.1 Å². The Labute approximate surface area is 284 Å². The second-order valence-corrected chi connectivity index (χ2v) is 16.2. The van der Waals surface area contributed by atoms with Crippen molar-refractivity contribution in [1.29, 1.82) is 0 Å². The first-order valence-electron chi connectivity index (χ1n) is 18.3. The van der Waals surface area contributed by atoms with E-state index >= 15 is 0 Å². The van der Waals surface area contributed by atoms with Gasteiger partial charge in [0.15, 0.2) is 0 Å². The molecule has 0 atom stereocenters. The summed E-state index contributed by atoms with van der Waals surface area (Å²) in [6.07, 6.45) is 7.08. The molecule has 0 N–H and O–H groups in total. The first-order chi connectivity index (χ1) is 23.5. The number of hydrogen-bond donors (Lipinski definition) is 0. The van der Waals surface area contributed by atoms with Crippen LogP contribution in [0.1, 0.15) is 68.2 Å². The van der Waals surface area contributed by atoms with E-state index in [2.05, 4.69) is 146 Å². The van der Waals surface area contributed by atoms with Crippen LogP contribution in [-0.4, -0.2) is 0 Å². The maximum Gasteiger partial charge on any atom is 0.0543 e. The van der Waals surface area contributed by atoms with Gasteiger partial charge in [0.25, 0.3) is 0 Å². The Morgan fingerprint density at radius 2 is 1.10 bits per heavy atom. The minimum atomic E-state index is -0.0674. The summed E-state index contributed by atoms with van der Waals surface area (Å²) in [5.74, 6) is 3.36. The molecular formula is C47H41N. The molecule has 4 fully saturated rings. The standard InChI is InChI=1S/C47H41N/c1-46(2)39-16-7-5-14-36(39)37-22-21-34(28-42(37)46)48(43-19-9-12-31-11-3-4-13-35(31)43)44-20-10-18-41-45(44)38-15-6-8-17-40(38)47(41)32-24-29-23-30(26-32)27-33(47)25-29/h3-22,28-30,32-33H,23-27H2,1-2H3. The molecule has 12 rings (SSSR count). The lowest BCUT2D eigenvalue weighted by molar-refractivity contribution is -0.0399. The molecule has 4 bridgehead atoms. The van der Waals surface area contributed by atoms with Crippen molar-refractivity contribution < 1.29 is 0 Å². The second-order valence-electron chi connectivity index (χ2n) is 16.2. The first kappa shape index (κ1) is 27.3. The number of hydrogen-bond acceptors (Lipinski definition) is 1. The molecule has 6 aromatic carbocycles. The van der Waals surface area contributed by atoms with Crippen molar-refractivity contribution in [2.24, 2.45) is 23.7 Å². The van der Waals surface area contributed by atoms with Crippen LogP contribution in [0.15, 0.2) is 127 Å². The molecule has 0 unspecified atom stereocenters. The monoisotopic (exact) mass is 619 g/mol. The van der Waals surface area contributed by atoms with E-state index in [1.165, 1.54) is 93.3 Å². The fourth-order valence-corrected chi connectivity index (χ4v) is 12.0. The predicted molar refractivity (Wildman–Crippen MR) is 199 cm³/mol. The SMILES string of the molecule is CC1(C)c2ccccc2-c2ccc(N(c3cccc4c3-c3ccccc3C43C4CC5CC(C4)CC3C5)c3cccc4ccccc34)cc21. The van der Waals surface area contributed by atoms with E-state index in [9.17, 15) is 0 Å².